The minimum atomic E-state index is 0.269. The lowest BCUT2D eigenvalue weighted by molar-refractivity contribution is 0.00528. The van der Waals surface area contributed by atoms with E-state index in [0.29, 0.717) is 5.41 Å². The molecule has 2 unspecified atom stereocenters. The van der Waals surface area contributed by atoms with Gasteiger partial charge in [-0.15, -0.1) is 0 Å². The van der Waals surface area contributed by atoms with E-state index in [9.17, 15) is 0 Å². The predicted molar refractivity (Wildman–Crippen MR) is 80.6 cm³/mol. The summed E-state index contributed by atoms with van der Waals surface area (Å²) in [6, 6.07) is 0. The highest BCUT2D eigenvalue weighted by Crippen LogP contribution is 2.60. The van der Waals surface area contributed by atoms with Gasteiger partial charge in [-0.25, -0.2) is 0 Å². The van der Waals surface area contributed by atoms with Gasteiger partial charge in [0.15, 0.2) is 5.96 Å². The molecule has 4 nitrogen and oxygen atoms in total. The van der Waals surface area contributed by atoms with Crippen molar-refractivity contribution in [2.45, 2.75) is 32.3 Å². The van der Waals surface area contributed by atoms with Gasteiger partial charge in [0.05, 0.1) is 12.7 Å². The van der Waals surface area contributed by atoms with Gasteiger partial charge in [-0.1, -0.05) is 0 Å². The third kappa shape index (κ3) is 3.02. The topological polar surface area (TPSA) is 50.8 Å². The van der Waals surface area contributed by atoms with Crippen LogP contribution < -0.4 is 5.73 Å². The molecule has 5 heteroatoms. The second kappa shape index (κ2) is 5.52. The molecule has 2 saturated heterocycles. The van der Waals surface area contributed by atoms with Crippen molar-refractivity contribution in [1.82, 2.24) is 4.90 Å². The number of ether oxygens (including phenoxy) is 1. The fraction of sp³-hybridized carbons (Fsp3) is 0.929. The second-order valence-electron chi connectivity index (χ2n) is 6.20. The zero-order valence-corrected chi connectivity index (χ0v) is 12.6. The van der Waals surface area contributed by atoms with Crippen molar-refractivity contribution >= 4 is 17.7 Å². The Morgan fingerprint density at radius 1 is 1.47 bits per heavy atom. The standard InChI is InChI=1S/C14H25N3OS/c1-11-10-17(4-5-18-11)13(15)16-9-12-8-14(12)2-6-19-7-3-14/h11-12H,2-10H2,1H3,(H2,15,16). The van der Waals surface area contributed by atoms with Crippen LogP contribution in [0.3, 0.4) is 0 Å². The molecule has 2 heterocycles. The maximum atomic E-state index is 6.12. The first kappa shape index (κ1) is 13.6. The minimum Gasteiger partial charge on any atom is -0.375 e. The molecule has 1 aliphatic carbocycles. The maximum Gasteiger partial charge on any atom is 0.191 e. The Balaban J connectivity index is 1.49. The summed E-state index contributed by atoms with van der Waals surface area (Å²) in [5.74, 6) is 4.21. The maximum absolute atomic E-state index is 6.12. The first-order valence-electron chi connectivity index (χ1n) is 7.44. The van der Waals surface area contributed by atoms with Crippen molar-refractivity contribution in [3.63, 3.8) is 0 Å². The quantitative estimate of drug-likeness (QED) is 0.617. The predicted octanol–water partition coefficient (Wildman–Crippen LogP) is 1.56. The average Bonchev–Trinajstić information content (AvgIpc) is 3.09. The number of rotatable bonds is 2. The van der Waals surface area contributed by atoms with Crippen LogP contribution in [-0.2, 0) is 4.74 Å². The van der Waals surface area contributed by atoms with Gasteiger partial charge in [0.25, 0.3) is 0 Å². The molecule has 2 aliphatic heterocycles. The molecule has 2 N–H and O–H groups in total. The summed E-state index contributed by atoms with van der Waals surface area (Å²) in [7, 11) is 0. The molecule has 0 aromatic rings. The number of hydrogen-bond donors (Lipinski definition) is 1. The van der Waals surface area contributed by atoms with Gasteiger partial charge in [0.1, 0.15) is 0 Å². The van der Waals surface area contributed by atoms with Gasteiger partial charge in [0, 0.05) is 19.6 Å². The van der Waals surface area contributed by atoms with E-state index in [1.54, 1.807) is 0 Å². The van der Waals surface area contributed by atoms with Crippen LogP contribution in [0.25, 0.3) is 0 Å². The molecule has 3 fully saturated rings. The zero-order valence-electron chi connectivity index (χ0n) is 11.8. The third-order valence-electron chi connectivity index (χ3n) is 4.89. The van der Waals surface area contributed by atoms with Gasteiger partial charge in [0.2, 0.25) is 0 Å². The molecule has 2 atom stereocenters. The monoisotopic (exact) mass is 283 g/mol. The van der Waals surface area contributed by atoms with Gasteiger partial charge in [-0.3, -0.25) is 4.99 Å². The molecule has 0 aromatic heterocycles. The van der Waals surface area contributed by atoms with Crippen molar-refractivity contribution in [1.29, 1.82) is 0 Å². The summed E-state index contributed by atoms with van der Waals surface area (Å²) in [5.41, 5.74) is 6.77. The van der Waals surface area contributed by atoms with E-state index < -0.39 is 0 Å². The average molecular weight is 283 g/mol. The number of nitrogens with zero attached hydrogens (tertiary/aromatic N) is 2. The highest BCUT2D eigenvalue weighted by atomic mass is 32.2. The summed E-state index contributed by atoms with van der Waals surface area (Å²) < 4.78 is 5.53. The van der Waals surface area contributed by atoms with Gasteiger partial charge in [-0.2, -0.15) is 11.8 Å². The molecule has 1 saturated carbocycles. The molecule has 1 spiro atoms. The van der Waals surface area contributed by atoms with E-state index >= 15 is 0 Å². The number of morpholine rings is 1. The summed E-state index contributed by atoms with van der Waals surface area (Å²) in [6.45, 7) is 5.55. The van der Waals surface area contributed by atoms with Crippen molar-refractivity contribution < 1.29 is 4.74 Å². The number of thioether (sulfide) groups is 1. The Morgan fingerprint density at radius 3 is 3.00 bits per heavy atom. The molecule has 0 bridgehead atoms. The van der Waals surface area contributed by atoms with E-state index in [4.69, 9.17) is 10.5 Å². The fourth-order valence-electron chi connectivity index (χ4n) is 3.41. The van der Waals surface area contributed by atoms with Gasteiger partial charge < -0.3 is 15.4 Å². The van der Waals surface area contributed by atoms with Crippen LogP contribution in [-0.4, -0.2) is 54.7 Å². The van der Waals surface area contributed by atoms with Crippen LogP contribution >= 0.6 is 11.8 Å². The van der Waals surface area contributed by atoms with Crippen LogP contribution in [0, 0.1) is 11.3 Å². The van der Waals surface area contributed by atoms with Crippen LogP contribution in [0.5, 0.6) is 0 Å². The molecule has 19 heavy (non-hydrogen) atoms. The molecule has 3 rings (SSSR count). The molecule has 0 aromatic carbocycles. The smallest absolute Gasteiger partial charge is 0.191 e. The SMILES string of the molecule is CC1CN(C(N)=NCC2CC23CCSCC3)CCO1. The van der Waals surface area contributed by atoms with E-state index in [2.05, 4.69) is 28.6 Å². The van der Waals surface area contributed by atoms with E-state index in [-0.39, 0.29) is 6.10 Å². The Hall–Kier alpha value is -0.420. The lowest BCUT2D eigenvalue weighted by Gasteiger charge is -2.31. The van der Waals surface area contributed by atoms with Crippen molar-refractivity contribution in [2.24, 2.45) is 22.1 Å². The van der Waals surface area contributed by atoms with Crippen LogP contribution in [0.4, 0.5) is 0 Å². The molecule has 0 amide bonds. The molecular weight excluding hydrogens is 258 g/mol. The highest BCUT2D eigenvalue weighted by molar-refractivity contribution is 7.99. The highest BCUT2D eigenvalue weighted by Gasteiger charge is 2.53. The summed E-state index contributed by atoms with van der Waals surface area (Å²) in [6.07, 6.45) is 4.44. The first-order chi connectivity index (χ1) is 9.20. The Morgan fingerprint density at radius 2 is 2.26 bits per heavy atom. The number of guanidine groups is 1. The Labute approximate surface area is 120 Å². The zero-order chi connectivity index (χ0) is 13.3. The summed E-state index contributed by atoms with van der Waals surface area (Å²) in [5, 5.41) is 0. The van der Waals surface area contributed by atoms with Gasteiger partial charge >= 0.3 is 0 Å². The fourth-order valence-corrected chi connectivity index (χ4v) is 4.72. The van der Waals surface area contributed by atoms with Crippen molar-refractivity contribution in [2.75, 3.05) is 37.7 Å². The van der Waals surface area contributed by atoms with Gasteiger partial charge in [-0.05, 0) is 49.0 Å². The Kier molecular flexibility index (Phi) is 3.94. The third-order valence-corrected chi connectivity index (χ3v) is 5.87. The summed E-state index contributed by atoms with van der Waals surface area (Å²) in [4.78, 5) is 6.82. The first-order valence-corrected chi connectivity index (χ1v) is 8.59. The number of hydrogen-bond acceptors (Lipinski definition) is 3. The van der Waals surface area contributed by atoms with Crippen molar-refractivity contribution in [3.05, 3.63) is 0 Å². The molecular formula is C14H25N3OS. The Bertz CT molecular complexity index is 355. The molecule has 108 valence electrons. The second-order valence-corrected chi connectivity index (χ2v) is 7.43. The number of aliphatic imine (C=N–C) groups is 1. The van der Waals surface area contributed by atoms with E-state index in [1.807, 2.05) is 0 Å². The van der Waals surface area contributed by atoms with Crippen molar-refractivity contribution in [3.8, 4) is 0 Å². The van der Waals surface area contributed by atoms with Crippen LogP contribution in [0.2, 0.25) is 0 Å². The lowest BCUT2D eigenvalue weighted by atomic mass is 9.96. The minimum absolute atomic E-state index is 0.269. The normalized spacial score (nSPS) is 34.6. The summed E-state index contributed by atoms with van der Waals surface area (Å²) >= 11 is 2.10. The number of nitrogens with two attached hydrogens (primary N) is 1. The lowest BCUT2D eigenvalue weighted by Crippen LogP contribution is -2.48. The molecule has 0 radical (unpaired) electrons. The van der Waals surface area contributed by atoms with E-state index in [0.717, 1.165) is 38.1 Å². The molecule has 3 aliphatic rings. The van der Waals surface area contributed by atoms with Crippen LogP contribution in [0.15, 0.2) is 4.99 Å². The van der Waals surface area contributed by atoms with E-state index in [1.165, 1.54) is 30.8 Å². The largest absolute Gasteiger partial charge is 0.375 e. The van der Waals surface area contributed by atoms with Crippen LogP contribution in [0.1, 0.15) is 26.2 Å².